The van der Waals surface area contributed by atoms with Crippen LogP contribution in [-0.4, -0.2) is 38.0 Å². The van der Waals surface area contributed by atoms with Crippen molar-refractivity contribution in [1.29, 1.82) is 5.26 Å². The van der Waals surface area contributed by atoms with Gasteiger partial charge in [-0.05, 0) is 81.8 Å². The SMILES string of the molecule is Cc1cc(C)c(Cl)c(OCCCc2c3n(c4c(-c5c(C)nn(C)c5C)c(Cl)ccc24)CCCN(c2cccc4c(C#N)cn(C)c24)C3=O)c1. The number of carbonyl (C=O) groups is 1. The predicted octanol–water partition coefficient (Wildman–Crippen LogP) is 9.01. The van der Waals surface area contributed by atoms with E-state index in [1.807, 2.05) is 91.6 Å². The average molecular weight is 694 g/mol. The number of nitriles is 1. The van der Waals surface area contributed by atoms with Crippen LogP contribution in [0.25, 0.3) is 32.9 Å². The van der Waals surface area contributed by atoms with Gasteiger partial charge in [-0.3, -0.25) is 9.48 Å². The fourth-order valence-corrected chi connectivity index (χ4v) is 8.05. The first-order valence-electron chi connectivity index (χ1n) is 16.6. The third-order valence-electron chi connectivity index (χ3n) is 9.83. The molecule has 3 aromatic heterocycles. The van der Waals surface area contributed by atoms with E-state index in [4.69, 9.17) is 33.0 Å². The van der Waals surface area contributed by atoms with Crippen molar-refractivity contribution in [3.05, 3.63) is 98.0 Å². The summed E-state index contributed by atoms with van der Waals surface area (Å²) in [6, 6.07) is 16.1. The maximum Gasteiger partial charge on any atom is 0.275 e. The molecule has 3 aromatic carbocycles. The van der Waals surface area contributed by atoms with Crippen molar-refractivity contribution in [2.75, 3.05) is 18.1 Å². The van der Waals surface area contributed by atoms with Crippen LogP contribution < -0.4 is 9.64 Å². The van der Waals surface area contributed by atoms with Crippen LogP contribution in [0.5, 0.6) is 5.75 Å². The van der Waals surface area contributed by atoms with Gasteiger partial charge in [0.05, 0.1) is 44.6 Å². The van der Waals surface area contributed by atoms with E-state index in [-0.39, 0.29) is 5.91 Å². The third kappa shape index (κ3) is 5.36. The molecule has 0 spiro atoms. The molecule has 10 heteroatoms. The molecule has 0 fully saturated rings. The lowest BCUT2D eigenvalue weighted by Gasteiger charge is -2.23. The third-order valence-corrected chi connectivity index (χ3v) is 10.6. The summed E-state index contributed by atoms with van der Waals surface area (Å²) in [7, 11) is 3.86. The zero-order chi connectivity index (χ0) is 34.7. The molecule has 1 amide bonds. The first kappa shape index (κ1) is 32.8. The van der Waals surface area contributed by atoms with Gasteiger partial charge >= 0.3 is 0 Å². The number of aromatic nitrogens is 4. The van der Waals surface area contributed by atoms with Gasteiger partial charge in [-0.1, -0.05) is 47.5 Å². The van der Waals surface area contributed by atoms with Gasteiger partial charge in [0.1, 0.15) is 17.5 Å². The summed E-state index contributed by atoms with van der Waals surface area (Å²) in [6.07, 6.45) is 3.84. The second-order valence-corrected chi connectivity index (χ2v) is 13.8. The smallest absolute Gasteiger partial charge is 0.275 e. The molecule has 0 saturated carbocycles. The van der Waals surface area contributed by atoms with Crippen LogP contribution >= 0.6 is 23.2 Å². The molecule has 0 aliphatic carbocycles. The summed E-state index contributed by atoms with van der Waals surface area (Å²) < 4.78 is 12.2. The summed E-state index contributed by atoms with van der Waals surface area (Å²) in [5.41, 5.74) is 10.7. The van der Waals surface area contributed by atoms with Crippen molar-refractivity contribution in [2.45, 2.75) is 53.5 Å². The molecule has 0 bridgehead atoms. The summed E-state index contributed by atoms with van der Waals surface area (Å²) in [5.74, 6) is 0.599. The summed E-state index contributed by atoms with van der Waals surface area (Å²) in [5, 5.41) is 17.6. The number of halogens is 2. The predicted molar refractivity (Wildman–Crippen MR) is 197 cm³/mol. The number of benzene rings is 3. The van der Waals surface area contributed by atoms with E-state index in [1.54, 1.807) is 0 Å². The Morgan fingerprint density at radius 1 is 0.980 bits per heavy atom. The molecule has 1 aliphatic rings. The van der Waals surface area contributed by atoms with Crippen molar-refractivity contribution in [2.24, 2.45) is 14.1 Å². The van der Waals surface area contributed by atoms with E-state index in [1.165, 1.54) is 0 Å². The summed E-state index contributed by atoms with van der Waals surface area (Å²) in [4.78, 5) is 16.9. The van der Waals surface area contributed by atoms with Crippen molar-refractivity contribution >= 4 is 56.6 Å². The van der Waals surface area contributed by atoms with Crippen LogP contribution in [0.15, 0.2) is 48.7 Å². The number of anilines is 1. The fourth-order valence-electron chi connectivity index (χ4n) is 7.63. The lowest BCUT2D eigenvalue weighted by atomic mass is 9.98. The molecule has 4 heterocycles. The van der Waals surface area contributed by atoms with E-state index >= 15 is 4.79 Å². The molecule has 0 radical (unpaired) electrons. The highest BCUT2D eigenvalue weighted by molar-refractivity contribution is 6.35. The highest BCUT2D eigenvalue weighted by Crippen LogP contribution is 2.43. The summed E-state index contributed by atoms with van der Waals surface area (Å²) >= 11 is 13.7. The van der Waals surface area contributed by atoms with Gasteiger partial charge in [0.2, 0.25) is 0 Å². The van der Waals surface area contributed by atoms with Crippen molar-refractivity contribution < 1.29 is 9.53 Å². The Morgan fingerprint density at radius 3 is 2.51 bits per heavy atom. The fraction of sp³-hybridized carbons (Fsp3) is 0.308. The molecule has 0 saturated heterocycles. The van der Waals surface area contributed by atoms with Crippen LogP contribution in [0.2, 0.25) is 10.0 Å². The second-order valence-electron chi connectivity index (χ2n) is 13.1. The number of para-hydroxylation sites is 1. The number of rotatable bonds is 7. The molecule has 250 valence electrons. The zero-order valence-corrected chi connectivity index (χ0v) is 30.1. The van der Waals surface area contributed by atoms with Gasteiger partial charge in [-0.15, -0.1) is 0 Å². The van der Waals surface area contributed by atoms with E-state index in [2.05, 4.69) is 23.6 Å². The minimum atomic E-state index is -0.0733. The monoisotopic (exact) mass is 692 g/mol. The first-order valence-corrected chi connectivity index (χ1v) is 17.3. The second kappa shape index (κ2) is 12.6. The Labute approximate surface area is 296 Å². The van der Waals surface area contributed by atoms with Gasteiger partial charge in [0, 0.05) is 61.0 Å². The molecule has 1 aliphatic heterocycles. The number of hydrogen-bond donors (Lipinski definition) is 0. The number of hydrogen-bond acceptors (Lipinski definition) is 4. The van der Waals surface area contributed by atoms with E-state index in [0.717, 1.165) is 73.1 Å². The summed E-state index contributed by atoms with van der Waals surface area (Å²) in [6.45, 7) is 9.67. The standard InChI is InChI=1S/C39H38Cl2N6O2/c1-22-18-23(2)35(41)32(19-22)49-17-8-11-28-29-13-14-30(40)34(33-24(3)43-45(6)25(33)4)37(29)47-16-9-15-46(39(48)38(28)47)31-12-7-10-27-26(20-42)21-44(5)36(27)31/h7,10,12-14,18-19,21H,8-9,11,15-17H2,1-6H3. The van der Waals surface area contributed by atoms with Crippen LogP contribution in [0.4, 0.5) is 5.69 Å². The normalized spacial score (nSPS) is 13.3. The van der Waals surface area contributed by atoms with Crippen LogP contribution in [-0.2, 0) is 27.1 Å². The highest BCUT2D eigenvalue weighted by atomic mass is 35.5. The Morgan fingerprint density at radius 2 is 1.78 bits per heavy atom. The van der Waals surface area contributed by atoms with Crippen molar-refractivity contribution in [3.63, 3.8) is 0 Å². The maximum absolute atomic E-state index is 15.0. The minimum Gasteiger partial charge on any atom is -0.492 e. The number of aryl methyl sites for hydroxylation is 7. The van der Waals surface area contributed by atoms with Crippen LogP contribution in [0.1, 0.15) is 57.0 Å². The maximum atomic E-state index is 15.0. The highest BCUT2D eigenvalue weighted by Gasteiger charge is 2.33. The Balaban J connectivity index is 1.38. The van der Waals surface area contributed by atoms with E-state index in [0.29, 0.717) is 59.6 Å². The molecule has 49 heavy (non-hydrogen) atoms. The van der Waals surface area contributed by atoms with Gasteiger partial charge in [0.25, 0.3) is 5.91 Å². The first-order chi connectivity index (χ1) is 23.5. The molecule has 0 atom stereocenters. The van der Waals surface area contributed by atoms with Crippen LogP contribution in [0, 0.1) is 39.0 Å². The van der Waals surface area contributed by atoms with Crippen LogP contribution in [0.3, 0.4) is 0 Å². The Kier molecular flexibility index (Phi) is 8.46. The topological polar surface area (TPSA) is 81.0 Å². The quantitative estimate of drug-likeness (QED) is 0.156. The van der Waals surface area contributed by atoms with Gasteiger partial charge in [-0.25, -0.2) is 0 Å². The molecular formula is C39H38Cl2N6O2. The van der Waals surface area contributed by atoms with Gasteiger partial charge in [0.15, 0.2) is 0 Å². The molecular weight excluding hydrogens is 655 g/mol. The number of amides is 1. The molecule has 8 nitrogen and oxygen atoms in total. The lowest BCUT2D eigenvalue weighted by molar-refractivity contribution is 0.0983. The average Bonchev–Trinajstić information content (AvgIpc) is 3.61. The molecule has 6 aromatic rings. The largest absolute Gasteiger partial charge is 0.492 e. The van der Waals surface area contributed by atoms with E-state index in [9.17, 15) is 5.26 Å². The number of fused-ring (bicyclic) bond motifs is 4. The Hall–Kier alpha value is -4.71. The number of nitrogens with zero attached hydrogens (tertiary/aromatic N) is 6. The Bertz CT molecular complexity index is 2360. The molecule has 0 unspecified atom stereocenters. The van der Waals surface area contributed by atoms with Gasteiger partial charge < -0.3 is 18.8 Å². The number of ether oxygens (including phenoxy) is 1. The van der Waals surface area contributed by atoms with Crippen molar-refractivity contribution in [1.82, 2.24) is 18.9 Å². The van der Waals surface area contributed by atoms with Crippen molar-refractivity contribution in [3.8, 4) is 22.9 Å². The lowest BCUT2D eigenvalue weighted by Crippen LogP contribution is -2.32. The minimum absolute atomic E-state index is 0.0733. The van der Waals surface area contributed by atoms with E-state index < -0.39 is 0 Å². The molecule has 7 rings (SSSR count). The zero-order valence-electron chi connectivity index (χ0n) is 28.6. The molecule has 0 N–H and O–H groups in total. The number of carbonyl (C=O) groups excluding carboxylic acids is 1. The van der Waals surface area contributed by atoms with Gasteiger partial charge in [-0.2, -0.15) is 10.4 Å².